The first-order valence-electron chi connectivity index (χ1n) is 7.83. The molecule has 0 saturated heterocycles. The molecular weight excluding hydrogens is 368 g/mol. The molecule has 0 spiro atoms. The summed E-state index contributed by atoms with van der Waals surface area (Å²) in [6.07, 6.45) is 3.80. The van der Waals surface area contributed by atoms with Crippen LogP contribution < -0.4 is 5.32 Å². The Morgan fingerprint density at radius 2 is 1.88 bits per heavy atom. The molecule has 2 aromatic carbocycles. The summed E-state index contributed by atoms with van der Waals surface area (Å²) in [5.41, 5.74) is 2.24. The molecule has 1 amide bonds. The fourth-order valence-corrected chi connectivity index (χ4v) is 2.77. The fraction of sp³-hybridized carbons (Fsp3) is 0.158. The van der Waals surface area contributed by atoms with Gasteiger partial charge in [-0.3, -0.25) is 4.79 Å². The predicted octanol–water partition coefficient (Wildman–Crippen LogP) is 4.66. The molecule has 1 aromatic heterocycles. The smallest absolute Gasteiger partial charge is 0.252 e. The van der Waals surface area contributed by atoms with Crippen molar-refractivity contribution in [1.82, 2.24) is 10.3 Å². The maximum Gasteiger partial charge on any atom is 0.252 e. The third-order valence-electron chi connectivity index (χ3n) is 3.95. The minimum absolute atomic E-state index is 0.0727. The van der Waals surface area contributed by atoms with Crippen molar-refractivity contribution >= 4 is 21.8 Å². The van der Waals surface area contributed by atoms with Crippen molar-refractivity contribution in [1.29, 1.82) is 0 Å². The summed E-state index contributed by atoms with van der Waals surface area (Å²) in [5.74, 6) is 1.06. The first kappa shape index (κ1) is 15.1. The van der Waals surface area contributed by atoms with Crippen molar-refractivity contribution in [3.8, 4) is 22.8 Å². The molecule has 0 unspecified atom stereocenters. The Kier molecular flexibility index (Phi) is 3.94. The number of benzene rings is 2. The molecule has 4 rings (SSSR count). The summed E-state index contributed by atoms with van der Waals surface area (Å²) in [6, 6.07) is 15.5. The van der Waals surface area contributed by atoms with Gasteiger partial charge in [-0.2, -0.15) is 0 Å². The molecule has 0 radical (unpaired) electrons. The van der Waals surface area contributed by atoms with E-state index in [0.29, 0.717) is 28.8 Å². The fourth-order valence-electron chi connectivity index (χ4n) is 2.50. The van der Waals surface area contributed by atoms with E-state index in [1.165, 1.54) is 0 Å². The lowest BCUT2D eigenvalue weighted by atomic mass is 10.1. The van der Waals surface area contributed by atoms with E-state index in [2.05, 4.69) is 26.2 Å². The molecule has 4 nitrogen and oxygen atoms in total. The van der Waals surface area contributed by atoms with Crippen molar-refractivity contribution in [2.75, 3.05) is 0 Å². The minimum atomic E-state index is -0.0727. The Hall–Kier alpha value is -2.40. The maximum absolute atomic E-state index is 12.4. The van der Waals surface area contributed by atoms with Gasteiger partial charge in [0.1, 0.15) is 0 Å². The summed E-state index contributed by atoms with van der Waals surface area (Å²) < 4.78 is 6.91. The van der Waals surface area contributed by atoms with E-state index in [-0.39, 0.29) is 5.91 Å². The summed E-state index contributed by atoms with van der Waals surface area (Å²) >= 11 is 3.42. The number of aromatic nitrogens is 1. The number of hydrogen-bond acceptors (Lipinski definition) is 3. The average molecular weight is 383 g/mol. The normalized spacial score (nSPS) is 13.7. The molecule has 1 aliphatic carbocycles. The van der Waals surface area contributed by atoms with Crippen LogP contribution >= 0.6 is 15.9 Å². The zero-order valence-electron chi connectivity index (χ0n) is 12.8. The Morgan fingerprint density at radius 1 is 1.12 bits per heavy atom. The molecule has 5 heteroatoms. The molecule has 1 heterocycles. The Morgan fingerprint density at radius 3 is 2.62 bits per heavy atom. The summed E-state index contributed by atoms with van der Waals surface area (Å²) in [6.45, 7) is 0. The van der Waals surface area contributed by atoms with Gasteiger partial charge >= 0.3 is 0 Å². The molecule has 0 aliphatic heterocycles. The largest absolute Gasteiger partial charge is 0.436 e. The third kappa shape index (κ3) is 3.12. The van der Waals surface area contributed by atoms with Crippen LogP contribution in [0.5, 0.6) is 0 Å². The van der Waals surface area contributed by atoms with E-state index < -0.39 is 0 Å². The summed E-state index contributed by atoms with van der Waals surface area (Å²) in [7, 11) is 0. The lowest BCUT2D eigenvalue weighted by Gasteiger charge is -2.07. The first-order chi connectivity index (χ1) is 11.7. The average Bonchev–Trinajstić information content (AvgIpc) is 3.28. The standard InChI is InChI=1S/C19H15BrN2O2/c20-13-7-5-12(6-8-13)17-11-21-19(24-17)16-4-2-1-3-15(16)18(23)22-14-9-10-14/h1-8,11,14H,9-10H2,(H,22,23). The molecule has 1 aliphatic rings. The van der Waals surface area contributed by atoms with Gasteiger partial charge in [0.15, 0.2) is 5.76 Å². The molecule has 24 heavy (non-hydrogen) atoms. The Labute approximate surface area is 148 Å². The maximum atomic E-state index is 12.4. The van der Waals surface area contributed by atoms with Crippen molar-refractivity contribution in [2.45, 2.75) is 18.9 Å². The highest BCUT2D eigenvalue weighted by Crippen LogP contribution is 2.29. The molecule has 1 N–H and O–H groups in total. The number of rotatable bonds is 4. The molecule has 1 fully saturated rings. The van der Waals surface area contributed by atoms with Crippen molar-refractivity contribution in [3.63, 3.8) is 0 Å². The number of amides is 1. The van der Waals surface area contributed by atoms with Crippen molar-refractivity contribution in [2.24, 2.45) is 0 Å². The van der Waals surface area contributed by atoms with Gasteiger partial charge in [0, 0.05) is 21.6 Å². The second-order valence-corrected chi connectivity index (χ2v) is 6.75. The van der Waals surface area contributed by atoms with Crippen LogP contribution in [-0.4, -0.2) is 16.9 Å². The van der Waals surface area contributed by atoms with Crippen LogP contribution in [0.4, 0.5) is 0 Å². The van der Waals surface area contributed by atoms with Gasteiger partial charge in [0.05, 0.1) is 11.8 Å². The zero-order valence-corrected chi connectivity index (χ0v) is 14.4. The van der Waals surface area contributed by atoms with Crippen LogP contribution in [-0.2, 0) is 0 Å². The van der Waals surface area contributed by atoms with Crippen LogP contribution in [0.3, 0.4) is 0 Å². The Balaban J connectivity index is 1.67. The summed E-state index contributed by atoms with van der Waals surface area (Å²) in [4.78, 5) is 16.8. The van der Waals surface area contributed by atoms with Crippen LogP contribution in [0.1, 0.15) is 23.2 Å². The van der Waals surface area contributed by atoms with E-state index in [0.717, 1.165) is 22.9 Å². The monoisotopic (exact) mass is 382 g/mol. The number of oxazole rings is 1. The second-order valence-electron chi connectivity index (χ2n) is 5.83. The van der Waals surface area contributed by atoms with Gasteiger partial charge in [0.2, 0.25) is 5.89 Å². The number of carbonyl (C=O) groups is 1. The quantitative estimate of drug-likeness (QED) is 0.713. The molecular formula is C19H15BrN2O2. The van der Waals surface area contributed by atoms with Gasteiger partial charge in [0.25, 0.3) is 5.91 Å². The van der Waals surface area contributed by atoms with Gasteiger partial charge in [-0.25, -0.2) is 4.98 Å². The van der Waals surface area contributed by atoms with E-state index in [9.17, 15) is 4.79 Å². The van der Waals surface area contributed by atoms with E-state index in [4.69, 9.17) is 4.42 Å². The Bertz CT molecular complexity index is 882. The predicted molar refractivity (Wildman–Crippen MR) is 95.6 cm³/mol. The summed E-state index contributed by atoms with van der Waals surface area (Å²) in [5, 5.41) is 3.01. The van der Waals surface area contributed by atoms with Crippen LogP contribution in [0, 0.1) is 0 Å². The number of carbonyl (C=O) groups excluding carboxylic acids is 1. The second kappa shape index (κ2) is 6.24. The van der Waals surface area contributed by atoms with Crippen LogP contribution in [0.2, 0.25) is 0 Å². The number of halogens is 1. The number of nitrogens with one attached hydrogen (secondary N) is 1. The molecule has 0 atom stereocenters. The third-order valence-corrected chi connectivity index (χ3v) is 4.48. The van der Waals surface area contributed by atoms with E-state index >= 15 is 0 Å². The van der Waals surface area contributed by atoms with E-state index in [1.54, 1.807) is 12.3 Å². The van der Waals surface area contributed by atoms with E-state index in [1.807, 2.05) is 42.5 Å². The minimum Gasteiger partial charge on any atom is -0.436 e. The lowest BCUT2D eigenvalue weighted by molar-refractivity contribution is 0.0951. The number of hydrogen-bond donors (Lipinski definition) is 1. The topological polar surface area (TPSA) is 55.1 Å². The number of nitrogens with zero attached hydrogens (tertiary/aromatic N) is 1. The van der Waals surface area contributed by atoms with Crippen molar-refractivity contribution in [3.05, 3.63) is 64.8 Å². The van der Waals surface area contributed by atoms with Gasteiger partial charge in [-0.15, -0.1) is 0 Å². The van der Waals surface area contributed by atoms with Gasteiger partial charge < -0.3 is 9.73 Å². The molecule has 120 valence electrons. The van der Waals surface area contributed by atoms with Gasteiger partial charge in [-0.05, 0) is 37.1 Å². The first-order valence-corrected chi connectivity index (χ1v) is 8.62. The highest BCUT2D eigenvalue weighted by Gasteiger charge is 2.25. The highest BCUT2D eigenvalue weighted by molar-refractivity contribution is 9.10. The van der Waals surface area contributed by atoms with Crippen molar-refractivity contribution < 1.29 is 9.21 Å². The molecule has 1 saturated carbocycles. The molecule has 3 aromatic rings. The van der Waals surface area contributed by atoms with Gasteiger partial charge in [-0.1, -0.05) is 40.2 Å². The van der Waals surface area contributed by atoms with Crippen LogP contribution in [0.15, 0.2) is 63.6 Å². The highest BCUT2D eigenvalue weighted by atomic mass is 79.9. The lowest BCUT2D eigenvalue weighted by Crippen LogP contribution is -2.25. The molecule has 0 bridgehead atoms. The SMILES string of the molecule is O=C(NC1CC1)c1ccccc1-c1ncc(-c2ccc(Br)cc2)o1. The van der Waals surface area contributed by atoms with Crippen LogP contribution in [0.25, 0.3) is 22.8 Å². The zero-order chi connectivity index (χ0) is 16.5.